The molecule has 3 aliphatic rings. The van der Waals surface area contributed by atoms with Crippen molar-refractivity contribution in [3.8, 4) is 84.3 Å². The molecule has 12 aromatic rings. The highest BCUT2D eigenvalue weighted by Crippen LogP contribution is 2.55. The highest BCUT2D eigenvalue weighted by Gasteiger charge is 2.41. The SMILES string of the molecule is [2H]c1c([2H])c2c(c([2H])c1-c1cc3c4c(c1)n(-c1cccc(Oc5ccc6c7ccccc7n(-c7cc(C(C)(C)C)ccn7)c6c5)c1)[c-][n+]4-c1c(-c4cc(C(C)(C)C)cc(C(C)(C)C)c4)cc(C(C)(C)C)cc1-c1cc4c(cc1-c1ccccc1-3)C(C)(C)CCC4(C)C)C(C([2H])([2H])[2H])(C([2H])([2H])[2H])C([2H])([2H])C([2H])([2H])C2(C([2H])([2H])[2H])C([2H])([2H])[2H]. The van der Waals surface area contributed by atoms with Crippen molar-refractivity contribution in [3.63, 3.8) is 0 Å². The van der Waals surface area contributed by atoms with Crippen molar-refractivity contribution in [2.75, 3.05) is 0 Å². The summed E-state index contributed by atoms with van der Waals surface area (Å²) in [5, 5.41) is 1.98. The van der Waals surface area contributed by atoms with Crippen LogP contribution in [0.2, 0.25) is 0 Å². The molecule has 0 radical (unpaired) electrons. The lowest BCUT2D eigenvalue weighted by Gasteiger charge is -2.42. The van der Waals surface area contributed by atoms with Crippen molar-refractivity contribution in [2.24, 2.45) is 0 Å². The highest BCUT2D eigenvalue weighted by molar-refractivity contribution is 6.10. The zero-order valence-corrected chi connectivity index (χ0v) is 58.7. The van der Waals surface area contributed by atoms with Crippen LogP contribution in [-0.4, -0.2) is 14.1 Å². The smallest absolute Gasteiger partial charge is 0.269 e. The van der Waals surface area contributed by atoms with E-state index in [2.05, 4.69) is 182 Å². The average molecular weight is 1290 g/mol. The summed E-state index contributed by atoms with van der Waals surface area (Å²) >= 11 is 0. The zero-order chi connectivity index (χ0) is 84.8. The van der Waals surface area contributed by atoms with Gasteiger partial charge in [0.05, 0.1) is 37.6 Å². The van der Waals surface area contributed by atoms with E-state index in [1.165, 1.54) is 5.56 Å². The van der Waals surface area contributed by atoms with Crippen LogP contribution in [0, 0.1) is 6.33 Å². The lowest BCUT2D eigenvalue weighted by Crippen LogP contribution is -2.34. The van der Waals surface area contributed by atoms with E-state index in [9.17, 15) is 17.8 Å². The maximum Gasteiger partial charge on any atom is 0.269 e. The molecule has 0 bridgehead atoms. The molecule has 4 heterocycles. The summed E-state index contributed by atoms with van der Waals surface area (Å²) in [5.74, 6) is 1.57. The van der Waals surface area contributed by atoms with Crippen LogP contribution >= 0.6 is 0 Å². The van der Waals surface area contributed by atoms with Gasteiger partial charge in [-0.3, -0.25) is 13.7 Å². The Morgan fingerprint density at radius 3 is 1.71 bits per heavy atom. The van der Waals surface area contributed by atoms with E-state index < -0.39 is 91.2 Å². The standard InChI is InChI=1S/C92H98N4O/c1-85(2,3)59-36-41-93-82(50-59)96-79-31-24-23-30-68(79)69-34-33-65(52-80(69)96)97-64-27-25-26-63(51-64)94-55-95-83-70(58-42-60(86(4,5)6)47-61(43-58)87(7,8)9)48-62(88(10,11)12)49-74(83)72-54-78-77(91(17,18)39-40-92(78,19)20)53-71(72)66-28-21-22-29-67(66)73-44-57(46-81(94)84(73)95)56-32-35-75-76(45-56)90(15,16)38-37-89(75,13)14/h21-36,41-54H,37-40H2,1-20H3/i13D3,14D3,15D3,16D3,32D,35D,37D2,38D2,45D. The summed E-state index contributed by atoms with van der Waals surface area (Å²) in [5.41, 5.74) is 1.75. The number of imidazole rings is 1. The second kappa shape index (κ2) is 21.9. The van der Waals surface area contributed by atoms with E-state index in [-0.39, 0.29) is 38.2 Å². The van der Waals surface area contributed by atoms with Gasteiger partial charge < -0.3 is 4.74 Å². The van der Waals surface area contributed by atoms with Crippen LogP contribution in [0.5, 0.6) is 11.5 Å². The second-order valence-corrected chi connectivity index (χ2v) is 32.9. The van der Waals surface area contributed by atoms with Crippen molar-refractivity contribution >= 4 is 32.8 Å². The van der Waals surface area contributed by atoms with Gasteiger partial charge in [0.2, 0.25) is 0 Å². The van der Waals surface area contributed by atoms with Crippen LogP contribution in [0.3, 0.4) is 0 Å². The number of pyridine rings is 1. The first kappa shape index (κ1) is 45.7. The third-order valence-electron chi connectivity index (χ3n) is 20.8. The highest BCUT2D eigenvalue weighted by atomic mass is 16.5. The van der Waals surface area contributed by atoms with Gasteiger partial charge in [-0.1, -0.05) is 247 Å². The third-order valence-corrected chi connectivity index (χ3v) is 20.8. The molecule has 15 rings (SSSR count). The first-order valence-electron chi connectivity index (χ1n) is 43.5. The van der Waals surface area contributed by atoms with Gasteiger partial charge in [-0.2, -0.15) is 0 Å². The van der Waals surface area contributed by atoms with Crippen LogP contribution in [-0.2, 0) is 43.3 Å². The molecule has 3 aromatic heterocycles. The molecule has 0 saturated heterocycles. The van der Waals surface area contributed by atoms with Crippen LogP contribution < -0.4 is 9.30 Å². The molecule has 0 fully saturated rings. The van der Waals surface area contributed by atoms with Gasteiger partial charge in [-0.15, -0.1) is 0 Å². The Kier molecular flexibility index (Phi) is 10.3. The number of aromatic nitrogens is 4. The molecular weight excluding hydrogens is 1180 g/mol. The molecule has 492 valence electrons. The van der Waals surface area contributed by atoms with Crippen molar-refractivity contribution in [3.05, 3.63) is 233 Å². The molecule has 0 N–H and O–H groups in total. The number of hydrogen-bond acceptors (Lipinski definition) is 2. The van der Waals surface area contributed by atoms with E-state index >= 15 is 0 Å². The molecule has 5 nitrogen and oxygen atoms in total. The maximum atomic E-state index is 10.7. The molecule has 9 aromatic carbocycles. The largest absolute Gasteiger partial charge is 0.458 e. The fraction of sp³-hybridized carbons (Fsp3) is 0.348. The number of para-hydroxylation sites is 1. The minimum Gasteiger partial charge on any atom is -0.458 e. The number of ether oxygens (including phenoxy) is 1. The minimum absolute atomic E-state index is 0.163. The van der Waals surface area contributed by atoms with Gasteiger partial charge in [0, 0.05) is 45.0 Å². The van der Waals surface area contributed by atoms with E-state index in [0.717, 1.165) is 102 Å². The third kappa shape index (κ3) is 10.9. The predicted octanol–water partition coefficient (Wildman–Crippen LogP) is 24.5. The van der Waals surface area contributed by atoms with Gasteiger partial charge in [0.25, 0.3) is 6.33 Å². The number of rotatable bonds is 6. The topological polar surface area (TPSA) is 35.9 Å². The van der Waals surface area contributed by atoms with E-state index in [4.69, 9.17) is 17.9 Å². The van der Waals surface area contributed by atoms with Crippen molar-refractivity contribution < 1.29 is 35.3 Å². The quantitative estimate of drug-likeness (QED) is 0.123. The lowest BCUT2D eigenvalue weighted by atomic mass is 9.62. The molecule has 97 heavy (non-hydrogen) atoms. The fourth-order valence-corrected chi connectivity index (χ4v) is 14.8. The first-order chi connectivity index (χ1) is 53.3. The van der Waals surface area contributed by atoms with Gasteiger partial charge in [0.15, 0.2) is 0 Å². The molecule has 5 heteroatoms. The summed E-state index contributed by atoms with van der Waals surface area (Å²) in [6, 6.07) is 48.9. The molecule has 0 spiro atoms. The fourth-order valence-electron chi connectivity index (χ4n) is 14.8. The Hall–Kier alpha value is -8.80. The molecule has 0 amide bonds. The Bertz CT molecular complexity index is 6050. The minimum atomic E-state index is -4.55. The van der Waals surface area contributed by atoms with Crippen molar-refractivity contribution in [1.82, 2.24) is 14.1 Å². The van der Waals surface area contributed by atoms with Crippen molar-refractivity contribution in [1.29, 1.82) is 0 Å². The van der Waals surface area contributed by atoms with E-state index in [0.29, 0.717) is 39.5 Å². The van der Waals surface area contributed by atoms with Gasteiger partial charge in [-0.05, 0) is 230 Å². The van der Waals surface area contributed by atoms with Gasteiger partial charge >= 0.3 is 0 Å². The summed E-state index contributed by atoms with van der Waals surface area (Å²) in [6.45, 7) is 18.4. The lowest BCUT2D eigenvalue weighted by molar-refractivity contribution is -0.570. The van der Waals surface area contributed by atoms with Crippen molar-refractivity contribution in [2.45, 2.75) is 207 Å². The normalized spacial score (nSPS) is 20.6. The van der Waals surface area contributed by atoms with Crippen LogP contribution in [0.15, 0.2) is 182 Å². The van der Waals surface area contributed by atoms with Crippen LogP contribution in [0.25, 0.3) is 106 Å². The molecule has 1 aliphatic heterocycles. The second-order valence-electron chi connectivity index (χ2n) is 32.9. The molecular formula is C92H98N4O. The summed E-state index contributed by atoms with van der Waals surface area (Å²) < 4.78 is 194. The van der Waals surface area contributed by atoms with Crippen LogP contribution in [0.4, 0.5) is 0 Å². The predicted molar refractivity (Wildman–Crippen MR) is 408 cm³/mol. The Morgan fingerprint density at radius 1 is 0.464 bits per heavy atom. The van der Waals surface area contributed by atoms with Gasteiger partial charge in [-0.25, -0.2) is 4.98 Å². The Labute approximate surface area is 604 Å². The summed E-state index contributed by atoms with van der Waals surface area (Å²) in [6.07, 6.45) is -1.53. The van der Waals surface area contributed by atoms with Crippen LogP contribution in [0.1, 0.15) is 234 Å². The van der Waals surface area contributed by atoms with E-state index in [1.807, 2.05) is 95.7 Å². The molecule has 2 aliphatic carbocycles. The maximum absolute atomic E-state index is 10.7. The number of fused-ring (bicyclic) bond motifs is 12. The number of nitrogens with zero attached hydrogens (tertiary/aromatic N) is 4. The van der Waals surface area contributed by atoms with Gasteiger partial charge in [0.1, 0.15) is 17.3 Å². The summed E-state index contributed by atoms with van der Waals surface area (Å²) in [4.78, 5) is 4.93. The summed E-state index contributed by atoms with van der Waals surface area (Å²) in [7, 11) is 0. The first-order valence-corrected chi connectivity index (χ1v) is 34.0. The molecule has 0 atom stereocenters. The number of benzene rings is 9. The average Bonchev–Trinajstić information content (AvgIpc) is 0.758. The Morgan fingerprint density at radius 2 is 1.05 bits per heavy atom. The Balaban J connectivity index is 1.13. The number of hydrogen-bond donors (Lipinski definition) is 0. The monoisotopic (exact) mass is 1290 g/mol. The van der Waals surface area contributed by atoms with E-state index in [1.54, 1.807) is 16.7 Å². The molecule has 0 unspecified atom stereocenters. The zero-order valence-electron chi connectivity index (χ0n) is 77.7. The molecule has 0 saturated carbocycles.